The Kier molecular flexibility index (Phi) is 2.84. The number of esters is 1. The van der Waals surface area contributed by atoms with E-state index in [4.69, 9.17) is 5.90 Å². The molecule has 1 unspecified atom stereocenters. The largest absolute Gasteiger partial charge is 0.467 e. The molecule has 1 atom stereocenters. The Hall–Kier alpha value is -0.610. The molecule has 1 fully saturated rings. The van der Waals surface area contributed by atoms with Gasteiger partial charge in [0.2, 0.25) is 0 Å². The fraction of sp³-hybridized carbons (Fsp3) is 0.857. The van der Waals surface area contributed by atoms with Gasteiger partial charge >= 0.3 is 5.97 Å². The van der Waals surface area contributed by atoms with Crippen molar-refractivity contribution in [2.24, 2.45) is 11.8 Å². The van der Waals surface area contributed by atoms with Crippen LogP contribution in [0.5, 0.6) is 0 Å². The Morgan fingerprint density at radius 3 is 2.55 bits per heavy atom. The Balaban J connectivity index is 2.40. The van der Waals surface area contributed by atoms with Crippen molar-refractivity contribution in [3.8, 4) is 0 Å². The average molecular weight is 159 g/mol. The van der Waals surface area contributed by atoms with Crippen LogP contribution in [0.1, 0.15) is 19.3 Å². The molecule has 1 aliphatic carbocycles. The van der Waals surface area contributed by atoms with Gasteiger partial charge in [-0.25, -0.2) is 10.7 Å². The van der Waals surface area contributed by atoms with Crippen LogP contribution in [-0.4, -0.2) is 19.2 Å². The normalized spacial score (nSPS) is 20.5. The molecule has 0 heterocycles. The van der Waals surface area contributed by atoms with Gasteiger partial charge in [0.05, 0.1) is 7.11 Å². The maximum absolute atomic E-state index is 11.0. The van der Waals surface area contributed by atoms with Crippen molar-refractivity contribution in [3.05, 3.63) is 0 Å². The molecule has 1 saturated carbocycles. The van der Waals surface area contributed by atoms with Crippen LogP contribution in [0.3, 0.4) is 0 Å². The van der Waals surface area contributed by atoms with Gasteiger partial charge in [-0.2, -0.15) is 0 Å². The molecule has 0 aliphatic heterocycles. The number of hydrogen-bond donors (Lipinski definition) is 1. The van der Waals surface area contributed by atoms with E-state index in [1.165, 1.54) is 7.11 Å². The maximum atomic E-state index is 11.0. The van der Waals surface area contributed by atoms with Gasteiger partial charge in [0.15, 0.2) is 6.10 Å². The lowest BCUT2D eigenvalue weighted by molar-refractivity contribution is -0.161. The van der Waals surface area contributed by atoms with E-state index in [1.807, 2.05) is 0 Å². The minimum Gasteiger partial charge on any atom is -0.467 e. The first-order valence-electron chi connectivity index (χ1n) is 3.73. The third kappa shape index (κ3) is 1.70. The summed E-state index contributed by atoms with van der Waals surface area (Å²) >= 11 is 0. The SMILES string of the molecule is COC(=O)C(ON)C1CCC1. The van der Waals surface area contributed by atoms with Crippen LogP contribution in [0.2, 0.25) is 0 Å². The van der Waals surface area contributed by atoms with Gasteiger partial charge in [-0.1, -0.05) is 6.42 Å². The average Bonchev–Trinajstić information content (AvgIpc) is 1.94. The molecule has 0 amide bonds. The molecule has 0 aromatic carbocycles. The van der Waals surface area contributed by atoms with Gasteiger partial charge in [0.1, 0.15) is 0 Å². The van der Waals surface area contributed by atoms with Crippen molar-refractivity contribution in [1.29, 1.82) is 0 Å². The van der Waals surface area contributed by atoms with Crippen LogP contribution >= 0.6 is 0 Å². The van der Waals surface area contributed by atoms with Crippen molar-refractivity contribution in [1.82, 2.24) is 0 Å². The third-order valence-electron chi connectivity index (χ3n) is 2.16. The van der Waals surface area contributed by atoms with Gasteiger partial charge < -0.3 is 4.74 Å². The van der Waals surface area contributed by atoms with E-state index in [0.717, 1.165) is 19.3 Å². The highest BCUT2D eigenvalue weighted by molar-refractivity contribution is 5.75. The number of methoxy groups -OCH3 is 1. The summed E-state index contributed by atoms with van der Waals surface area (Å²) in [6.07, 6.45) is 2.63. The van der Waals surface area contributed by atoms with Gasteiger partial charge in [-0.05, 0) is 18.8 Å². The van der Waals surface area contributed by atoms with Crippen molar-refractivity contribution >= 4 is 5.97 Å². The summed E-state index contributed by atoms with van der Waals surface area (Å²) < 4.78 is 4.52. The lowest BCUT2D eigenvalue weighted by atomic mass is 9.81. The summed E-state index contributed by atoms with van der Waals surface area (Å²) in [6, 6.07) is 0. The zero-order valence-corrected chi connectivity index (χ0v) is 6.58. The first-order valence-corrected chi connectivity index (χ1v) is 3.73. The van der Waals surface area contributed by atoms with E-state index in [1.54, 1.807) is 0 Å². The minimum absolute atomic E-state index is 0.271. The van der Waals surface area contributed by atoms with E-state index >= 15 is 0 Å². The van der Waals surface area contributed by atoms with Crippen LogP contribution in [-0.2, 0) is 14.4 Å². The van der Waals surface area contributed by atoms with E-state index in [0.29, 0.717) is 0 Å². The molecule has 0 spiro atoms. The molecule has 64 valence electrons. The first-order chi connectivity index (χ1) is 5.29. The molecule has 0 aromatic rings. The second-order valence-corrected chi connectivity index (χ2v) is 2.77. The molecule has 1 aliphatic rings. The van der Waals surface area contributed by atoms with Crippen LogP contribution in [0.25, 0.3) is 0 Å². The van der Waals surface area contributed by atoms with E-state index < -0.39 is 6.10 Å². The summed E-state index contributed by atoms with van der Waals surface area (Å²) in [5.41, 5.74) is 0. The summed E-state index contributed by atoms with van der Waals surface area (Å²) in [6.45, 7) is 0. The quantitative estimate of drug-likeness (QED) is 0.472. The third-order valence-corrected chi connectivity index (χ3v) is 2.16. The predicted octanol–water partition coefficient (Wildman–Crippen LogP) is 0.218. The number of rotatable bonds is 3. The van der Waals surface area contributed by atoms with Gasteiger partial charge in [-0.15, -0.1) is 0 Å². The van der Waals surface area contributed by atoms with Gasteiger partial charge in [0, 0.05) is 0 Å². The molecule has 1 rings (SSSR count). The standard InChI is InChI=1S/C7H13NO3/c1-10-7(9)6(11-8)5-3-2-4-5/h5-6H,2-4,8H2,1H3. The molecule has 0 bridgehead atoms. The zero-order valence-electron chi connectivity index (χ0n) is 6.58. The fourth-order valence-electron chi connectivity index (χ4n) is 1.22. The van der Waals surface area contributed by atoms with Crippen molar-refractivity contribution in [3.63, 3.8) is 0 Å². The highest BCUT2D eigenvalue weighted by Gasteiger charge is 2.33. The number of nitrogens with two attached hydrogens (primary N) is 1. The molecule has 4 nitrogen and oxygen atoms in total. The Labute approximate surface area is 65.6 Å². The van der Waals surface area contributed by atoms with Crippen LogP contribution in [0.4, 0.5) is 0 Å². The lowest BCUT2D eigenvalue weighted by Crippen LogP contribution is -2.39. The molecule has 0 radical (unpaired) electrons. The lowest BCUT2D eigenvalue weighted by Gasteiger charge is -2.29. The Morgan fingerprint density at radius 1 is 1.64 bits per heavy atom. The summed E-state index contributed by atoms with van der Waals surface area (Å²) in [4.78, 5) is 15.5. The molecular formula is C7H13NO3. The number of carbonyl (C=O) groups excluding carboxylic acids is 1. The van der Waals surface area contributed by atoms with Crippen LogP contribution in [0.15, 0.2) is 0 Å². The smallest absolute Gasteiger partial charge is 0.337 e. The molecule has 0 saturated heterocycles. The predicted molar refractivity (Wildman–Crippen MR) is 38.4 cm³/mol. The molecule has 2 N–H and O–H groups in total. The monoisotopic (exact) mass is 159 g/mol. The van der Waals surface area contributed by atoms with E-state index in [2.05, 4.69) is 9.57 Å². The molecular weight excluding hydrogens is 146 g/mol. The summed E-state index contributed by atoms with van der Waals surface area (Å²) in [7, 11) is 1.34. The van der Waals surface area contributed by atoms with Crippen LogP contribution in [0, 0.1) is 5.92 Å². The molecule has 4 heteroatoms. The highest BCUT2D eigenvalue weighted by Crippen LogP contribution is 2.30. The first kappa shape index (κ1) is 8.49. The summed E-state index contributed by atoms with van der Waals surface area (Å²) in [5.74, 6) is 4.87. The number of hydrogen-bond acceptors (Lipinski definition) is 4. The minimum atomic E-state index is -0.547. The van der Waals surface area contributed by atoms with Gasteiger partial charge in [-0.3, -0.25) is 4.84 Å². The van der Waals surface area contributed by atoms with E-state index in [-0.39, 0.29) is 11.9 Å². The molecule has 11 heavy (non-hydrogen) atoms. The topological polar surface area (TPSA) is 61.5 Å². The van der Waals surface area contributed by atoms with Crippen molar-refractivity contribution in [2.75, 3.05) is 7.11 Å². The van der Waals surface area contributed by atoms with Crippen molar-refractivity contribution in [2.45, 2.75) is 25.4 Å². The maximum Gasteiger partial charge on any atom is 0.337 e. The van der Waals surface area contributed by atoms with Crippen molar-refractivity contribution < 1.29 is 14.4 Å². The Bertz CT molecular complexity index is 145. The highest BCUT2D eigenvalue weighted by atomic mass is 16.6. The zero-order chi connectivity index (χ0) is 8.27. The summed E-state index contributed by atoms with van der Waals surface area (Å²) in [5, 5.41) is 0. The second kappa shape index (κ2) is 3.69. The van der Waals surface area contributed by atoms with Crippen LogP contribution < -0.4 is 5.90 Å². The molecule has 0 aromatic heterocycles. The number of carbonyl (C=O) groups is 1. The Morgan fingerprint density at radius 2 is 2.27 bits per heavy atom. The van der Waals surface area contributed by atoms with E-state index in [9.17, 15) is 4.79 Å². The number of ether oxygens (including phenoxy) is 1. The van der Waals surface area contributed by atoms with Gasteiger partial charge in [0.25, 0.3) is 0 Å². The fourth-order valence-corrected chi connectivity index (χ4v) is 1.22. The second-order valence-electron chi connectivity index (χ2n) is 2.77.